The van der Waals surface area contributed by atoms with Gasteiger partial charge in [-0.05, 0) is 36.4 Å². The number of nitrogens with zero attached hydrogens (tertiary/aromatic N) is 2. The van der Waals surface area contributed by atoms with E-state index >= 15 is 0 Å². The van der Waals surface area contributed by atoms with E-state index in [1.165, 1.54) is 48.7 Å². The number of nitrogens with one attached hydrogen (secondary N) is 1. The van der Waals surface area contributed by atoms with Crippen molar-refractivity contribution in [3.63, 3.8) is 0 Å². The molecule has 0 aliphatic carbocycles. The van der Waals surface area contributed by atoms with E-state index in [0.29, 0.717) is 11.3 Å². The zero-order valence-electron chi connectivity index (χ0n) is 10.2. The third kappa shape index (κ3) is 3.29. The summed E-state index contributed by atoms with van der Waals surface area (Å²) >= 11 is 0. The molecule has 2 aromatic carbocycles. The fourth-order valence-corrected chi connectivity index (χ4v) is 1.47. The molecule has 0 aromatic heterocycles. The molecule has 0 aliphatic rings. The second-order valence-electron chi connectivity index (χ2n) is 3.88. The van der Waals surface area contributed by atoms with Crippen LogP contribution in [0.5, 0.6) is 5.75 Å². The van der Waals surface area contributed by atoms with E-state index in [0.717, 1.165) is 0 Å². The quantitative estimate of drug-likeness (QED) is 0.510. The number of halogens is 1. The Morgan fingerprint density at radius 1 is 1.25 bits per heavy atom. The maximum atomic E-state index is 12.7. The van der Waals surface area contributed by atoms with Gasteiger partial charge in [0.15, 0.2) is 5.75 Å². The van der Waals surface area contributed by atoms with Crippen molar-refractivity contribution in [1.82, 2.24) is 0 Å². The minimum Gasteiger partial charge on any atom is -0.502 e. The van der Waals surface area contributed by atoms with E-state index in [1.807, 2.05) is 0 Å². The Bertz CT molecular complexity index is 656. The summed E-state index contributed by atoms with van der Waals surface area (Å²) in [6.45, 7) is 0. The van der Waals surface area contributed by atoms with Crippen LogP contribution in [0.15, 0.2) is 47.6 Å². The first-order valence-electron chi connectivity index (χ1n) is 5.58. The zero-order chi connectivity index (χ0) is 14.5. The normalized spacial score (nSPS) is 10.7. The van der Waals surface area contributed by atoms with Crippen molar-refractivity contribution in [2.75, 3.05) is 5.43 Å². The van der Waals surface area contributed by atoms with Crippen LogP contribution in [0.3, 0.4) is 0 Å². The molecule has 0 spiro atoms. The fourth-order valence-electron chi connectivity index (χ4n) is 1.47. The van der Waals surface area contributed by atoms with Crippen LogP contribution in [0.2, 0.25) is 0 Å². The predicted molar refractivity (Wildman–Crippen MR) is 72.4 cm³/mol. The molecule has 0 saturated heterocycles. The Balaban J connectivity index is 2.10. The molecule has 6 nitrogen and oxygen atoms in total. The van der Waals surface area contributed by atoms with Crippen molar-refractivity contribution in [3.05, 3.63) is 64.0 Å². The number of anilines is 1. The number of hydrogen-bond donors (Lipinski definition) is 2. The minimum absolute atomic E-state index is 0.353. The number of rotatable bonds is 4. The summed E-state index contributed by atoms with van der Waals surface area (Å²) in [6.07, 6.45) is 1.36. The number of hydrogen-bond acceptors (Lipinski definition) is 5. The van der Waals surface area contributed by atoms with Crippen LogP contribution < -0.4 is 5.43 Å². The molecule has 0 unspecified atom stereocenters. The van der Waals surface area contributed by atoms with Gasteiger partial charge in [0.1, 0.15) is 5.82 Å². The Labute approximate surface area is 113 Å². The van der Waals surface area contributed by atoms with E-state index in [9.17, 15) is 19.6 Å². The van der Waals surface area contributed by atoms with Crippen molar-refractivity contribution in [2.24, 2.45) is 5.10 Å². The lowest BCUT2D eigenvalue weighted by atomic mass is 10.2. The van der Waals surface area contributed by atoms with Gasteiger partial charge in [-0.1, -0.05) is 0 Å². The summed E-state index contributed by atoms with van der Waals surface area (Å²) in [7, 11) is 0. The summed E-state index contributed by atoms with van der Waals surface area (Å²) < 4.78 is 12.7. The Kier molecular flexibility index (Phi) is 3.90. The van der Waals surface area contributed by atoms with Crippen LogP contribution in [0.4, 0.5) is 15.8 Å². The Morgan fingerprint density at radius 2 is 1.95 bits per heavy atom. The highest BCUT2D eigenvalue weighted by Crippen LogP contribution is 2.25. The average molecular weight is 275 g/mol. The van der Waals surface area contributed by atoms with Gasteiger partial charge in [0, 0.05) is 11.6 Å². The molecular formula is C13H10FN3O3. The van der Waals surface area contributed by atoms with Gasteiger partial charge >= 0.3 is 5.69 Å². The van der Waals surface area contributed by atoms with Gasteiger partial charge in [-0.3, -0.25) is 15.5 Å². The molecule has 0 radical (unpaired) electrons. The topological polar surface area (TPSA) is 87.8 Å². The van der Waals surface area contributed by atoms with Gasteiger partial charge < -0.3 is 5.11 Å². The molecule has 0 aliphatic heterocycles. The number of benzene rings is 2. The highest BCUT2D eigenvalue weighted by Gasteiger charge is 2.12. The van der Waals surface area contributed by atoms with Crippen molar-refractivity contribution >= 4 is 17.6 Å². The molecule has 2 N–H and O–H groups in total. The van der Waals surface area contributed by atoms with Crippen LogP contribution in [0, 0.1) is 15.9 Å². The van der Waals surface area contributed by atoms with Crippen LogP contribution in [0.1, 0.15) is 5.56 Å². The van der Waals surface area contributed by atoms with Gasteiger partial charge in [0.05, 0.1) is 16.8 Å². The zero-order valence-corrected chi connectivity index (χ0v) is 10.2. The van der Waals surface area contributed by atoms with Gasteiger partial charge in [-0.25, -0.2) is 4.39 Å². The van der Waals surface area contributed by atoms with E-state index in [-0.39, 0.29) is 5.82 Å². The number of nitro benzene ring substituents is 1. The molecule has 2 rings (SSSR count). The highest BCUT2D eigenvalue weighted by molar-refractivity contribution is 5.82. The smallest absolute Gasteiger partial charge is 0.311 e. The Hall–Kier alpha value is -2.96. The maximum absolute atomic E-state index is 12.7. The largest absolute Gasteiger partial charge is 0.502 e. The summed E-state index contributed by atoms with van der Waals surface area (Å²) in [5.74, 6) is -0.757. The molecule has 20 heavy (non-hydrogen) atoms. The first-order chi connectivity index (χ1) is 9.56. The van der Waals surface area contributed by atoms with Crippen LogP contribution in [-0.2, 0) is 0 Å². The van der Waals surface area contributed by atoms with Gasteiger partial charge in [-0.2, -0.15) is 5.10 Å². The lowest BCUT2D eigenvalue weighted by Gasteiger charge is -2.00. The summed E-state index contributed by atoms with van der Waals surface area (Å²) in [6, 6.07) is 9.48. The van der Waals surface area contributed by atoms with Gasteiger partial charge in [0.25, 0.3) is 0 Å². The first kappa shape index (κ1) is 13.5. The number of phenolic OH excluding ortho intramolecular Hbond substituents is 1. The number of hydrazone groups is 1. The third-order valence-corrected chi connectivity index (χ3v) is 2.45. The molecule has 0 atom stereocenters. The van der Waals surface area contributed by atoms with Crippen LogP contribution in [-0.4, -0.2) is 16.2 Å². The first-order valence-corrected chi connectivity index (χ1v) is 5.58. The lowest BCUT2D eigenvalue weighted by Crippen LogP contribution is -1.93. The second-order valence-corrected chi connectivity index (χ2v) is 3.88. The maximum Gasteiger partial charge on any atom is 0.311 e. The van der Waals surface area contributed by atoms with Crippen LogP contribution in [0.25, 0.3) is 0 Å². The van der Waals surface area contributed by atoms with Gasteiger partial charge in [0.2, 0.25) is 0 Å². The number of aromatic hydroxyl groups is 1. The fraction of sp³-hybridized carbons (Fsp3) is 0. The van der Waals surface area contributed by atoms with E-state index in [1.54, 1.807) is 0 Å². The Morgan fingerprint density at radius 3 is 2.60 bits per heavy atom. The molecule has 0 bridgehead atoms. The third-order valence-electron chi connectivity index (χ3n) is 2.45. The number of phenols is 1. The molecule has 0 saturated carbocycles. The number of nitro groups is 1. The van der Waals surface area contributed by atoms with E-state index < -0.39 is 16.4 Å². The van der Waals surface area contributed by atoms with E-state index in [2.05, 4.69) is 10.5 Å². The summed E-state index contributed by atoms with van der Waals surface area (Å²) in [4.78, 5) is 9.97. The molecule has 0 amide bonds. The predicted octanol–water partition coefficient (Wildman–Crippen LogP) is 2.89. The summed E-state index contributed by atoms with van der Waals surface area (Å²) in [5, 5.41) is 23.8. The molecular weight excluding hydrogens is 265 g/mol. The van der Waals surface area contributed by atoms with Crippen molar-refractivity contribution < 1.29 is 14.4 Å². The van der Waals surface area contributed by atoms with Gasteiger partial charge in [-0.15, -0.1) is 0 Å². The molecule has 2 aromatic rings. The van der Waals surface area contributed by atoms with Crippen LogP contribution >= 0.6 is 0 Å². The SMILES string of the molecule is O=[N+]([O-])c1cc(/C=N/Nc2ccc(F)cc2)ccc1O. The molecule has 0 heterocycles. The van der Waals surface area contributed by atoms with Crippen molar-refractivity contribution in [1.29, 1.82) is 0 Å². The lowest BCUT2D eigenvalue weighted by molar-refractivity contribution is -0.385. The second kappa shape index (κ2) is 5.79. The monoisotopic (exact) mass is 275 g/mol. The van der Waals surface area contributed by atoms with E-state index in [4.69, 9.17) is 0 Å². The highest BCUT2D eigenvalue weighted by atomic mass is 19.1. The van der Waals surface area contributed by atoms with Crippen molar-refractivity contribution in [2.45, 2.75) is 0 Å². The summed E-state index contributed by atoms with van der Waals surface area (Å²) in [5.41, 5.74) is 3.29. The molecule has 7 heteroatoms. The molecule has 102 valence electrons. The molecule has 0 fully saturated rings. The average Bonchev–Trinajstić information content (AvgIpc) is 2.42. The standard InChI is InChI=1S/C13H10FN3O3/c14-10-2-4-11(5-3-10)16-15-8-9-1-6-13(18)12(7-9)17(19)20/h1-8,16,18H/b15-8+. The minimum atomic E-state index is -0.680. The van der Waals surface area contributed by atoms with Crippen molar-refractivity contribution in [3.8, 4) is 5.75 Å².